The van der Waals surface area contributed by atoms with Crippen molar-refractivity contribution in [2.75, 3.05) is 18.2 Å². The lowest BCUT2D eigenvalue weighted by Crippen LogP contribution is -2.28. The summed E-state index contributed by atoms with van der Waals surface area (Å²) in [5.41, 5.74) is 1.36. The molecule has 0 spiro atoms. The lowest BCUT2D eigenvalue weighted by Gasteiger charge is -2.23. The van der Waals surface area contributed by atoms with E-state index in [2.05, 4.69) is 10.6 Å². The summed E-state index contributed by atoms with van der Waals surface area (Å²) in [7, 11) is -2.10. The van der Waals surface area contributed by atoms with Gasteiger partial charge in [-0.2, -0.15) is 0 Å². The molecule has 1 atom stereocenters. The van der Waals surface area contributed by atoms with Gasteiger partial charge in [0.05, 0.1) is 28.7 Å². The van der Waals surface area contributed by atoms with E-state index in [1.807, 2.05) is 19.1 Å². The molecule has 3 rings (SSSR count). The Bertz CT molecular complexity index is 1050. The van der Waals surface area contributed by atoms with Crippen molar-refractivity contribution >= 4 is 39.1 Å². The van der Waals surface area contributed by atoms with Crippen molar-refractivity contribution in [1.82, 2.24) is 5.32 Å². The van der Waals surface area contributed by atoms with Crippen LogP contribution < -0.4 is 15.4 Å². The first-order valence-corrected chi connectivity index (χ1v) is 12.1. The van der Waals surface area contributed by atoms with Crippen LogP contribution in [0.2, 0.25) is 0 Å². The molecule has 1 heterocycles. The molecule has 0 aromatic heterocycles. The molecule has 0 radical (unpaired) electrons. The molecular weight excluding hydrogens is 424 g/mol. The summed E-state index contributed by atoms with van der Waals surface area (Å²) in [6.45, 7) is 2.22. The Hall–Kier alpha value is -2.52. The molecule has 160 valence electrons. The first-order chi connectivity index (χ1) is 14.3. The first kappa shape index (κ1) is 22.2. The van der Waals surface area contributed by atoms with Crippen LogP contribution in [0, 0.1) is 0 Å². The number of amides is 2. The quantitative estimate of drug-likeness (QED) is 0.644. The van der Waals surface area contributed by atoms with Crippen LogP contribution in [0.25, 0.3) is 0 Å². The standard InChI is InChI=1S/C21H24N2O5S2/c1-3-18-21(25)23-17-12-16(7-8-19(17)29-18)30(26,27)10-9-20(24)22-13-14-5-4-6-15(11-14)28-2/h4-8,11-12,18H,3,9-10,13H2,1-2H3,(H,22,24)(H,23,25). The molecule has 0 aliphatic carbocycles. The highest BCUT2D eigenvalue weighted by Gasteiger charge is 2.27. The molecule has 0 saturated heterocycles. The van der Waals surface area contributed by atoms with Crippen LogP contribution in [-0.2, 0) is 26.0 Å². The lowest BCUT2D eigenvalue weighted by atomic mass is 10.2. The van der Waals surface area contributed by atoms with E-state index in [-0.39, 0.29) is 40.7 Å². The average molecular weight is 449 g/mol. The average Bonchev–Trinajstić information content (AvgIpc) is 2.75. The van der Waals surface area contributed by atoms with Crippen molar-refractivity contribution < 1.29 is 22.7 Å². The minimum absolute atomic E-state index is 0.0951. The molecule has 1 aliphatic rings. The second kappa shape index (κ2) is 9.53. The number of methoxy groups -OCH3 is 1. The maximum absolute atomic E-state index is 12.7. The highest BCUT2D eigenvalue weighted by atomic mass is 32.2. The maximum atomic E-state index is 12.7. The zero-order valence-electron chi connectivity index (χ0n) is 16.8. The SMILES string of the molecule is CCC1Sc2ccc(S(=O)(=O)CCC(=O)NCc3cccc(OC)c3)cc2NC1=O. The Labute approximate surface area is 180 Å². The molecule has 1 unspecified atom stereocenters. The fourth-order valence-electron chi connectivity index (χ4n) is 3.01. The van der Waals surface area contributed by atoms with Gasteiger partial charge in [0, 0.05) is 17.9 Å². The fourth-order valence-corrected chi connectivity index (χ4v) is 5.29. The number of sulfone groups is 1. The second-order valence-electron chi connectivity index (χ2n) is 6.86. The summed E-state index contributed by atoms with van der Waals surface area (Å²) in [6.07, 6.45) is 0.545. The van der Waals surface area contributed by atoms with Gasteiger partial charge >= 0.3 is 0 Å². The molecule has 1 aliphatic heterocycles. The van der Waals surface area contributed by atoms with Gasteiger partial charge in [-0.1, -0.05) is 19.1 Å². The highest BCUT2D eigenvalue weighted by Crippen LogP contribution is 2.38. The van der Waals surface area contributed by atoms with Crippen molar-refractivity contribution in [3.8, 4) is 5.75 Å². The zero-order chi connectivity index (χ0) is 21.7. The van der Waals surface area contributed by atoms with Crippen LogP contribution in [0.1, 0.15) is 25.3 Å². The number of fused-ring (bicyclic) bond motifs is 1. The molecule has 0 saturated carbocycles. The van der Waals surface area contributed by atoms with E-state index in [0.29, 0.717) is 17.9 Å². The van der Waals surface area contributed by atoms with Crippen LogP contribution in [0.3, 0.4) is 0 Å². The number of carbonyl (C=O) groups is 2. The summed E-state index contributed by atoms with van der Waals surface area (Å²) in [4.78, 5) is 25.1. The molecule has 9 heteroatoms. The Morgan fingerprint density at radius 3 is 2.77 bits per heavy atom. The van der Waals surface area contributed by atoms with Crippen molar-refractivity contribution in [3.05, 3.63) is 48.0 Å². The first-order valence-electron chi connectivity index (χ1n) is 9.56. The van der Waals surface area contributed by atoms with Gasteiger partial charge in [0.25, 0.3) is 0 Å². The number of anilines is 1. The Morgan fingerprint density at radius 1 is 1.23 bits per heavy atom. The lowest BCUT2D eigenvalue weighted by molar-refractivity contribution is -0.121. The van der Waals surface area contributed by atoms with Gasteiger partial charge in [-0.3, -0.25) is 9.59 Å². The molecule has 2 amide bonds. The van der Waals surface area contributed by atoms with Crippen molar-refractivity contribution in [2.24, 2.45) is 0 Å². The van der Waals surface area contributed by atoms with E-state index in [1.165, 1.54) is 23.9 Å². The van der Waals surface area contributed by atoms with E-state index in [9.17, 15) is 18.0 Å². The zero-order valence-corrected chi connectivity index (χ0v) is 18.4. The van der Waals surface area contributed by atoms with Crippen LogP contribution in [0.4, 0.5) is 5.69 Å². The van der Waals surface area contributed by atoms with E-state index in [0.717, 1.165) is 10.5 Å². The minimum atomic E-state index is -3.66. The van der Waals surface area contributed by atoms with Crippen molar-refractivity contribution in [3.63, 3.8) is 0 Å². The summed E-state index contributed by atoms with van der Waals surface area (Å²) in [5, 5.41) is 5.32. The van der Waals surface area contributed by atoms with Crippen LogP contribution in [0.15, 0.2) is 52.3 Å². The van der Waals surface area contributed by atoms with E-state index >= 15 is 0 Å². The summed E-state index contributed by atoms with van der Waals surface area (Å²) in [5.74, 6) is -0.100. The smallest absolute Gasteiger partial charge is 0.237 e. The van der Waals surface area contributed by atoms with Gasteiger partial charge in [-0.05, 0) is 42.3 Å². The van der Waals surface area contributed by atoms with Crippen molar-refractivity contribution in [1.29, 1.82) is 0 Å². The molecule has 2 aromatic carbocycles. The van der Waals surface area contributed by atoms with Gasteiger partial charge in [-0.15, -0.1) is 11.8 Å². The highest BCUT2D eigenvalue weighted by molar-refractivity contribution is 8.01. The molecule has 2 N–H and O–H groups in total. The van der Waals surface area contributed by atoms with Crippen LogP contribution in [0.5, 0.6) is 5.75 Å². The van der Waals surface area contributed by atoms with E-state index in [1.54, 1.807) is 25.3 Å². The molecule has 2 aromatic rings. The molecule has 0 bridgehead atoms. The maximum Gasteiger partial charge on any atom is 0.237 e. The number of carbonyl (C=O) groups excluding carboxylic acids is 2. The molecule has 0 fully saturated rings. The number of thioether (sulfide) groups is 1. The van der Waals surface area contributed by atoms with Crippen molar-refractivity contribution in [2.45, 2.75) is 41.4 Å². The third-order valence-electron chi connectivity index (χ3n) is 4.72. The molecule has 30 heavy (non-hydrogen) atoms. The second-order valence-corrected chi connectivity index (χ2v) is 10.2. The van der Waals surface area contributed by atoms with Gasteiger partial charge in [0.2, 0.25) is 11.8 Å². The number of ether oxygens (including phenoxy) is 1. The van der Waals surface area contributed by atoms with Crippen LogP contribution >= 0.6 is 11.8 Å². The fraction of sp³-hybridized carbons (Fsp3) is 0.333. The van der Waals surface area contributed by atoms with E-state index < -0.39 is 9.84 Å². The van der Waals surface area contributed by atoms with Gasteiger partial charge in [0.15, 0.2) is 9.84 Å². The predicted octanol–water partition coefficient (Wildman–Crippen LogP) is 3.00. The number of hydrogen-bond acceptors (Lipinski definition) is 6. The molecular formula is C21H24N2O5S2. The molecule has 7 nitrogen and oxygen atoms in total. The number of hydrogen-bond donors (Lipinski definition) is 2. The monoisotopic (exact) mass is 448 g/mol. The third-order valence-corrected chi connectivity index (χ3v) is 7.88. The number of rotatable bonds is 8. The summed E-state index contributed by atoms with van der Waals surface area (Å²) < 4.78 is 30.5. The van der Waals surface area contributed by atoms with Gasteiger partial charge in [-0.25, -0.2) is 8.42 Å². The minimum Gasteiger partial charge on any atom is -0.497 e. The summed E-state index contributed by atoms with van der Waals surface area (Å²) >= 11 is 1.43. The summed E-state index contributed by atoms with van der Waals surface area (Å²) in [6, 6.07) is 12.0. The van der Waals surface area contributed by atoms with E-state index in [4.69, 9.17) is 4.74 Å². The topological polar surface area (TPSA) is 102 Å². The van der Waals surface area contributed by atoms with Crippen LogP contribution in [-0.4, -0.2) is 38.3 Å². The Kier molecular flexibility index (Phi) is 7.04. The predicted molar refractivity (Wildman–Crippen MR) is 117 cm³/mol. The number of benzene rings is 2. The Morgan fingerprint density at radius 2 is 2.03 bits per heavy atom. The van der Waals surface area contributed by atoms with Gasteiger partial charge in [0.1, 0.15) is 5.75 Å². The third kappa shape index (κ3) is 5.34. The number of nitrogens with one attached hydrogen (secondary N) is 2. The Balaban J connectivity index is 1.59. The largest absolute Gasteiger partial charge is 0.497 e. The van der Waals surface area contributed by atoms with Gasteiger partial charge < -0.3 is 15.4 Å². The normalized spacial score (nSPS) is 15.8.